The van der Waals surface area contributed by atoms with E-state index in [1.807, 2.05) is 0 Å². The number of hydrogen-bond acceptors (Lipinski definition) is 0. The van der Waals surface area contributed by atoms with E-state index in [0.29, 0.717) is 0 Å². The summed E-state index contributed by atoms with van der Waals surface area (Å²) in [5.41, 5.74) is 10.6. The summed E-state index contributed by atoms with van der Waals surface area (Å²) in [6.45, 7) is 0. The Bertz CT molecular complexity index is 1530. The van der Waals surface area contributed by atoms with E-state index in [1.165, 1.54) is 39.2 Å². The summed E-state index contributed by atoms with van der Waals surface area (Å²) < 4.78 is 4.55. The van der Waals surface area contributed by atoms with Gasteiger partial charge in [-0.25, -0.2) is 0 Å². The lowest BCUT2D eigenvalue weighted by Gasteiger charge is -2.16. The lowest BCUT2D eigenvalue weighted by molar-refractivity contribution is 1.10. The molecule has 1 heterocycles. The lowest BCUT2D eigenvalue weighted by Crippen LogP contribution is -2.00. The van der Waals surface area contributed by atoms with Gasteiger partial charge in [0.1, 0.15) is 0 Å². The molecule has 0 aliphatic carbocycles. The van der Waals surface area contributed by atoms with Gasteiger partial charge in [0, 0.05) is 25.8 Å². The quantitative estimate of drug-likeness (QED) is 0.184. The van der Waals surface area contributed by atoms with E-state index in [0.717, 1.165) is 20.2 Å². The van der Waals surface area contributed by atoms with Crippen molar-refractivity contribution in [2.75, 3.05) is 0 Å². The Balaban J connectivity index is 1.85. The second kappa shape index (κ2) is 10.4. The molecule has 0 atom stereocenters. The molecule has 5 aromatic carbocycles. The van der Waals surface area contributed by atoms with E-state index >= 15 is 0 Å². The highest BCUT2D eigenvalue weighted by Crippen LogP contribution is 2.49. The van der Waals surface area contributed by atoms with Crippen LogP contribution in [0.2, 0.25) is 0 Å². The van der Waals surface area contributed by atoms with Gasteiger partial charge in [0.05, 0.1) is 11.4 Å². The largest absolute Gasteiger partial charge is 0.308 e. The van der Waals surface area contributed by atoms with Crippen molar-refractivity contribution in [2.45, 2.75) is 0 Å². The third-order valence-electron chi connectivity index (χ3n) is 6.55. The molecule has 0 fully saturated rings. The normalized spacial score (nSPS) is 11.0. The highest BCUT2D eigenvalue weighted by Gasteiger charge is 2.27. The van der Waals surface area contributed by atoms with Crippen LogP contribution in [0.3, 0.4) is 0 Å². The minimum atomic E-state index is 1.06. The van der Waals surface area contributed by atoms with Crippen LogP contribution >= 0.6 is 31.9 Å². The van der Waals surface area contributed by atoms with Crippen LogP contribution in [0.5, 0.6) is 0 Å². The number of halogens is 2. The average molecular weight is 605 g/mol. The van der Waals surface area contributed by atoms with Crippen molar-refractivity contribution < 1.29 is 0 Å². The van der Waals surface area contributed by atoms with Crippen LogP contribution in [-0.2, 0) is 0 Å². The van der Waals surface area contributed by atoms with Gasteiger partial charge in [0.25, 0.3) is 0 Å². The van der Waals surface area contributed by atoms with Crippen molar-refractivity contribution in [1.82, 2.24) is 4.57 Å². The van der Waals surface area contributed by atoms with Crippen molar-refractivity contribution in [3.05, 3.63) is 148 Å². The van der Waals surface area contributed by atoms with Crippen molar-refractivity contribution in [1.29, 1.82) is 0 Å². The maximum Gasteiger partial charge on any atom is 0.0619 e. The van der Waals surface area contributed by atoms with Crippen molar-refractivity contribution >= 4 is 31.9 Å². The molecule has 0 radical (unpaired) electrons. The fourth-order valence-electron chi connectivity index (χ4n) is 4.94. The molecule has 0 bridgehead atoms. The molecule has 3 heteroatoms. The van der Waals surface area contributed by atoms with Crippen LogP contribution in [0.1, 0.15) is 0 Å². The maximum absolute atomic E-state index is 3.64. The van der Waals surface area contributed by atoms with Crippen LogP contribution in [0, 0.1) is 0 Å². The second-order valence-electron chi connectivity index (χ2n) is 8.86. The number of para-hydroxylation sites is 1. The summed E-state index contributed by atoms with van der Waals surface area (Å²) in [7, 11) is 0. The number of hydrogen-bond donors (Lipinski definition) is 0. The second-order valence-corrected chi connectivity index (χ2v) is 10.7. The number of rotatable bonds is 5. The molecule has 0 aliphatic rings. The Labute approximate surface area is 234 Å². The standard InChI is InChI=1S/C34H23Br2N/c35-28-20-16-25(17-21-28)32-31(24-10-4-1-5-11-24)34(27-18-22-29(36)23-19-27)37(30-14-8-3-9-15-30)33(32)26-12-6-2-7-13-26/h1-23H. The van der Waals surface area contributed by atoms with Crippen molar-refractivity contribution in [3.8, 4) is 50.5 Å². The molecular formula is C34H23Br2N. The van der Waals surface area contributed by atoms with Gasteiger partial charge in [-0.3, -0.25) is 0 Å². The molecule has 6 aromatic rings. The zero-order valence-corrected chi connectivity index (χ0v) is 23.2. The van der Waals surface area contributed by atoms with Crippen LogP contribution in [0.15, 0.2) is 148 Å². The van der Waals surface area contributed by atoms with Gasteiger partial charge < -0.3 is 4.57 Å². The molecule has 37 heavy (non-hydrogen) atoms. The monoisotopic (exact) mass is 603 g/mol. The minimum absolute atomic E-state index is 1.06. The Morgan fingerprint density at radius 2 is 0.703 bits per heavy atom. The van der Waals surface area contributed by atoms with E-state index in [1.54, 1.807) is 0 Å². The van der Waals surface area contributed by atoms with E-state index in [2.05, 4.69) is 176 Å². The maximum atomic E-state index is 3.64. The summed E-state index contributed by atoms with van der Waals surface area (Å²) in [5, 5.41) is 0. The number of benzene rings is 5. The van der Waals surface area contributed by atoms with E-state index in [9.17, 15) is 0 Å². The van der Waals surface area contributed by atoms with Crippen LogP contribution < -0.4 is 0 Å². The minimum Gasteiger partial charge on any atom is -0.308 e. The smallest absolute Gasteiger partial charge is 0.0619 e. The molecule has 0 unspecified atom stereocenters. The predicted molar refractivity (Wildman–Crippen MR) is 163 cm³/mol. The van der Waals surface area contributed by atoms with Gasteiger partial charge in [-0.05, 0) is 58.7 Å². The first-order valence-corrected chi connectivity index (χ1v) is 13.8. The summed E-state index contributed by atoms with van der Waals surface area (Å²) >= 11 is 7.27. The molecule has 6 rings (SSSR count). The lowest BCUT2D eigenvalue weighted by atomic mass is 9.91. The van der Waals surface area contributed by atoms with Crippen molar-refractivity contribution in [2.24, 2.45) is 0 Å². The number of nitrogens with zero attached hydrogens (tertiary/aromatic N) is 1. The summed E-state index contributed by atoms with van der Waals surface area (Å²) in [6.07, 6.45) is 0. The van der Waals surface area contributed by atoms with Gasteiger partial charge in [0.2, 0.25) is 0 Å². The van der Waals surface area contributed by atoms with E-state index in [4.69, 9.17) is 0 Å². The first-order chi connectivity index (χ1) is 18.2. The first kappa shape index (κ1) is 23.7. The summed E-state index contributed by atoms with van der Waals surface area (Å²) in [4.78, 5) is 0. The predicted octanol–water partition coefficient (Wildman–Crippen LogP) is 10.7. The van der Waals surface area contributed by atoms with Gasteiger partial charge in [-0.2, -0.15) is 0 Å². The molecule has 178 valence electrons. The Morgan fingerprint density at radius 1 is 0.351 bits per heavy atom. The first-order valence-electron chi connectivity index (χ1n) is 12.2. The SMILES string of the molecule is Brc1ccc(-c2c(-c3ccccc3)c(-c3ccc(Br)cc3)n(-c3ccccc3)c2-c2ccccc2)cc1. The van der Waals surface area contributed by atoms with E-state index < -0.39 is 0 Å². The average Bonchev–Trinajstić information content (AvgIpc) is 3.31. The van der Waals surface area contributed by atoms with Gasteiger partial charge >= 0.3 is 0 Å². The summed E-state index contributed by atoms with van der Waals surface area (Å²) in [5.74, 6) is 0. The molecule has 0 aliphatic heterocycles. The molecule has 1 aromatic heterocycles. The van der Waals surface area contributed by atoms with Crippen LogP contribution in [0.25, 0.3) is 50.5 Å². The molecule has 0 saturated heterocycles. The van der Waals surface area contributed by atoms with Crippen molar-refractivity contribution in [3.63, 3.8) is 0 Å². The van der Waals surface area contributed by atoms with Crippen LogP contribution in [-0.4, -0.2) is 4.57 Å². The van der Waals surface area contributed by atoms with Gasteiger partial charge in [-0.15, -0.1) is 0 Å². The third kappa shape index (κ3) is 4.61. The molecule has 0 N–H and O–H groups in total. The molecule has 0 saturated carbocycles. The highest BCUT2D eigenvalue weighted by molar-refractivity contribution is 9.10. The Hall–Kier alpha value is -3.66. The Kier molecular flexibility index (Phi) is 6.65. The zero-order chi connectivity index (χ0) is 25.2. The molecule has 0 amide bonds. The fourth-order valence-corrected chi connectivity index (χ4v) is 5.47. The van der Waals surface area contributed by atoms with E-state index in [-0.39, 0.29) is 0 Å². The molecular weight excluding hydrogens is 582 g/mol. The summed E-state index contributed by atoms with van der Waals surface area (Å²) in [6, 6.07) is 49.4. The van der Waals surface area contributed by atoms with Gasteiger partial charge in [0.15, 0.2) is 0 Å². The van der Waals surface area contributed by atoms with Gasteiger partial charge in [-0.1, -0.05) is 135 Å². The molecule has 1 nitrogen and oxygen atoms in total. The Morgan fingerprint density at radius 3 is 1.19 bits per heavy atom. The van der Waals surface area contributed by atoms with Crippen LogP contribution in [0.4, 0.5) is 0 Å². The topological polar surface area (TPSA) is 4.93 Å². The molecule has 0 spiro atoms. The number of aromatic nitrogens is 1. The zero-order valence-electron chi connectivity index (χ0n) is 20.0. The fraction of sp³-hybridized carbons (Fsp3) is 0. The third-order valence-corrected chi connectivity index (χ3v) is 7.60. The highest BCUT2D eigenvalue weighted by atomic mass is 79.9.